The normalized spacial score (nSPS) is 41.4. The average molecular weight is 448 g/mol. The molecular formula is C25H37NO6. The molecule has 0 heterocycles. The number of nitro groups is 1. The highest BCUT2D eigenvalue weighted by Gasteiger charge is 2.61. The van der Waals surface area contributed by atoms with E-state index in [0.717, 1.165) is 51.4 Å². The number of carbonyl (C=O) groups is 2. The van der Waals surface area contributed by atoms with Gasteiger partial charge in [0.25, 0.3) is 0 Å². The Hall–Kier alpha value is -1.92. The Bertz CT molecular complexity index is 823. The Kier molecular flexibility index (Phi) is 6.14. The van der Waals surface area contributed by atoms with Gasteiger partial charge in [0.15, 0.2) is 6.61 Å². The molecule has 0 aromatic carbocycles. The summed E-state index contributed by atoms with van der Waals surface area (Å²) in [7, 11) is 0. The molecule has 7 nitrogen and oxygen atoms in total. The first-order valence-electron chi connectivity index (χ1n) is 12.2. The zero-order chi connectivity index (χ0) is 23.3. The van der Waals surface area contributed by atoms with Crippen LogP contribution in [0.5, 0.6) is 0 Å². The molecule has 0 radical (unpaired) electrons. The second kappa shape index (κ2) is 8.45. The van der Waals surface area contributed by atoms with Crippen molar-refractivity contribution < 1.29 is 24.0 Å². The van der Waals surface area contributed by atoms with Gasteiger partial charge in [-0.3, -0.25) is 19.7 Å². The molecule has 0 aromatic rings. The van der Waals surface area contributed by atoms with Gasteiger partial charge in [0.2, 0.25) is 6.04 Å². The highest BCUT2D eigenvalue weighted by Crippen LogP contribution is 2.66. The van der Waals surface area contributed by atoms with E-state index < -0.39 is 12.0 Å². The predicted molar refractivity (Wildman–Crippen MR) is 118 cm³/mol. The maximum Gasteiger partial charge on any atom is 0.302 e. The molecule has 0 saturated heterocycles. The van der Waals surface area contributed by atoms with Gasteiger partial charge in [-0.25, -0.2) is 0 Å². The minimum absolute atomic E-state index is 0.00443. The lowest BCUT2D eigenvalue weighted by atomic mass is 9.47. The molecule has 4 rings (SSSR count). The van der Waals surface area contributed by atoms with E-state index in [0.29, 0.717) is 17.8 Å². The molecule has 32 heavy (non-hydrogen) atoms. The molecule has 2 unspecified atom stereocenters. The number of hydrogen-bond donors (Lipinski definition) is 0. The fourth-order valence-corrected chi connectivity index (χ4v) is 8.16. The van der Waals surface area contributed by atoms with E-state index in [1.54, 1.807) is 0 Å². The van der Waals surface area contributed by atoms with Crippen molar-refractivity contribution >= 4 is 11.9 Å². The largest absolute Gasteiger partial charge is 0.462 e. The van der Waals surface area contributed by atoms with Crippen LogP contribution in [0.25, 0.3) is 0 Å². The van der Waals surface area contributed by atoms with E-state index in [9.17, 15) is 19.7 Å². The van der Waals surface area contributed by atoms with Crippen LogP contribution < -0.4 is 0 Å². The van der Waals surface area contributed by atoms with Crippen LogP contribution in [0.1, 0.15) is 79.1 Å². The van der Waals surface area contributed by atoms with Crippen molar-refractivity contribution in [2.24, 2.45) is 34.5 Å². The first-order valence-corrected chi connectivity index (χ1v) is 12.2. The molecule has 0 spiro atoms. The summed E-state index contributed by atoms with van der Waals surface area (Å²) in [5.41, 5.74) is 1.50. The van der Waals surface area contributed by atoms with Crippen LogP contribution in [-0.4, -0.2) is 35.6 Å². The van der Waals surface area contributed by atoms with Crippen molar-refractivity contribution in [3.05, 3.63) is 21.8 Å². The lowest BCUT2D eigenvalue weighted by molar-refractivity contribution is -0.539. The summed E-state index contributed by atoms with van der Waals surface area (Å²) >= 11 is 0. The lowest BCUT2D eigenvalue weighted by Gasteiger charge is -2.58. The van der Waals surface area contributed by atoms with Crippen LogP contribution in [0, 0.1) is 44.6 Å². The van der Waals surface area contributed by atoms with E-state index in [1.165, 1.54) is 19.4 Å². The van der Waals surface area contributed by atoms with Crippen molar-refractivity contribution in [1.29, 1.82) is 0 Å². The first kappa shape index (κ1) is 23.2. The van der Waals surface area contributed by atoms with Crippen LogP contribution in [-0.2, 0) is 19.1 Å². The van der Waals surface area contributed by atoms with Gasteiger partial charge in [-0.15, -0.1) is 0 Å². The minimum atomic E-state index is -0.824. The second-order valence-electron chi connectivity index (χ2n) is 11.1. The van der Waals surface area contributed by atoms with Crippen LogP contribution in [0.15, 0.2) is 11.6 Å². The third-order valence-corrected chi connectivity index (χ3v) is 9.66. The van der Waals surface area contributed by atoms with Crippen molar-refractivity contribution in [2.45, 2.75) is 91.2 Å². The summed E-state index contributed by atoms with van der Waals surface area (Å²) in [4.78, 5) is 34.4. The van der Waals surface area contributed by atoms with Gasteiger partial charge in [0.1, 0.15) is 6.10 Å². The lowest BCUT2D eigenvalue weighted by Crippen LogP contribution is -2.52. The van der Waals surface area contributed by atoms with Gasteiger partial charge >= 0.3 is 11.9 Å². The molecule has 4 aliphatic carbocycles. The highest BCUT2D eigenvalue weighted by atomic mass is 16.6. The summed E-state index contributed by atoms with van der Waals surface area (Å²) in [5.74, 6) is 0.876. The standard InChI is InChI=1S/C25H37NO6/c1-15(27)31-14-23(26(29)30)22-8-7-20-19-6-5-17-13-18(32-16(2)28)9-11-24(17,3)21(19)10-12-25(20,22)4/h5,18-23H,6-14H2,1-4H3/t18?,19-,20-,21-,22+,23?,24-,25-/m0/s1. The van der Waals surface area contributed by atoms with Crippen molar-refractivity contribution in [1.82, 2.24) is 0 Å². The topological polar surface area (TPSA) is 95.7 Å². The molecule has 3 fully saturated rings. The van der Waals surface area contributed by atoms with E-state index in [1.807, 2.05) is 0 Å². The molecule has 0 aromatic heterocycles. The van der Waals surface area contributed by atoms with Gasteiger partial charge in [0.05, 0.1) is 0 Å². The van der Waals surface area contributed by atoms with E-state index in [-0.39, 0.29) is 40.4 Å². The van der Waals surface area contributed by atoms with Crippen LogP contribution in [0.2, 0.25) is 0 Å². The predicted octanol–water partition coefficient (Wildman–Crippen LogP) is 4.71. The van der Waals surface area contributed by atoms with Gasteiger partial charge in [-0.05, 0) is 73.5 Å². The monoisotopic (exact) mass is 447 g/mol. The third kappa shape index (κ3) is 3.86. The van der Waals surface area contributed by atoms with Gasteiger partial charge in [-0.1, -0.05) is 25.5 Å². The summed E-state index contributed by atoms with van der Waals surface area (Å²) in [6.45, 7) is 7.33. The van der Waals surface area contributed by atoms with Crippen LogP contribution in [0.4, 0.5) is 0 Å². The molecular weight excluding hydrogens is 410 g/mol. The van der Waals surface area contributed by atoms with Crippen LogP contribution in [0.3, 0.4) is 0 Å². The molecule has 0 N–H and O–H groups in total. The molecule has 4 aliphatic rings. The highest BCUT2D eigenvalue weighted by molar-refractivity contribution is 5.66. The first-order chi connectivity index (χ1) is 15.1. The number of allylic oxidation sites excluding steroid dienone is 1. The van der Waals surface area contributed by atoms with E-state index in [4.69, 9.17) is 9.47 Å². The Morgan fingerprint density at radius 3 is 2.53 bits per heavy atom. The van der Waals surface area contributed by atoms with Crippen molar-refractivity contribution in [3.63, 3.8) is 0 Å². The number of hydrogen-bond acceptors (Lipinski definition) is 6. The van der Waals surface area contributed by atoms with E-state index in [2.05, 4.69) is 19.9 Å². The molecule has 7 heteroatoms. The van der Waals surface area contributed by atoms with Gasteiger partial charge in [0, 0.05) is 31.1 Å². The number of fused-ring (bicyclic) bond motifs is 5. The summed E-state index contributed by atoms with van der Waals surface area (Å²) < 4.78 is 10.6. The van der Waals surface area contributed by atoms with E-state index >= 15 is 0 Å². The maximum atomic E-state index is 11.9. The maximum absolute atomic E-state index is 11.9. The number of esters is 2. The zero-order valence-electron chi connectivity index (χ0n) is 19.8. The zero-order valence-corrected chi connectivity index (χ0v) is 19.8. The summed E-state index contributed by atoms with van der Waals surface area (Å²) in [6, 6.07) is -0.824. The number of carbonyl (C=O) groups excluding carboxylic acids is 2. The fourth-order valence-electron chi connectivity index (χ4n) is 8.16. The second-order valence-corrected chi connectivity index (χ2v) is 11.1. The average Bonchev–Trinajstić information content (AvgIpc) is 3.05. The van der Waals surface area contributed by atoms with Crippen molar-refractivity contribution in [2.75, 3.05) is 6.61 Å². The SMILES string of the molecule is CC(=O)OCC([C@H]1CC[C@H]2[C@@H]3CC=C4CC(OC(C)=O)CC[C@]4(C)[C@H]3CC[C@]12C)[N+](=O)[O-]. The molecule has 0 amide bonds. The Morgan fingerprint density at radius 2 is 1.88 bits per heavy atom. The van der Waals surface area contributed by atoms with Gasteiger partial charge < -0.3 is 9.47 Å². The van der Waals surface area contributed by atoms with Gasteiger partial charge in [-0.2, -0.15) is 0 Å². The number of nitrogens with zero attached hydrogens (tertiary/aromatic N) is 1. The molecule has 3 saturated carbocycles. The molecule has 178 valence electrons. The summed E-state index contributed by atoms with van der Waals surface area (Å²) in [5, 5.41) is 11.9. The fraction of sp³-hybridized carbons (Fsp3) is 0.840. The molecule has 0 bridgehead atoms. The smallest absolute Gasteiger partial charge is 0.302 e. The molecule has 8 atom stereocenters. The Morgan fingerprint density at radius 1 is 1.12 bits per heavy atom. The minimum Gasteiger partial charge on any atom is -0.462 e. The number of ether oxygens (including phenoxy) is 2. The Balaban J connectivity index is 1.54. The quantitative estimate of drug-likeness (QED) is 0.262. The third-order valence-electron chi connectivity index (χ3n) is 9.66. The van der Waals surface area contributed by atoms with Crippen molar-refractivity contribution in [3.8, 4) is 0 Å². The Labute approximate surface area is 190 Å². The summed E-state index contributed by atoms with van der Waals surface area (Å²) in [6.07, 6.45) is 10.1. The number of rotatable bonds is 5. The molecule has 0 aliphatic heterocycles. The van der Waals surface area contributed by atoms with Crippen LogP contribution >= 0.6 is 0 Å².